The molecule has 2 nitrogen and oxygen atoms in total. The van der Waals surface area contributed by atoms with E-state index in [1.165, 1.54) is 10.4 Å². The molecule has 3 rings (SSSR count). The van der Waals surface area contributed by atoms with Crippen molar-refractivity contribution in [2.45, 2.75) is 32.2 Å². The molecular weight excluding hydrogens is 334 g/mol. The van der Waals surface area contributed by atoms with Gasteiger partial charge in [0.1, 0.15) is 0 Å². The second kappa shape index (κ2) is 5.70. The zero-order chi connectivity index (χ0) is 14.1. The third-order valence-electron chi connectivity index (χ3n) is 3.73. The molecule has 1 aliphatic carbocycles. The van der Waals surface area contributed by atoms with E-state index in [9.17, 15) is 4.79 Å². The molecule has 2 aromatic rings. The van der Waals surface area contributed by atoms with Crippen molar-refractivity contribution in [1.82, 2.24) is 5.32 Å². The number of carbonyl (C=O) groups is 1. The van der Waals surface area contributed by atoms with E-state index in [1.54, 1.807) is 11.3 Å². The Morgan fingerprint density at radius 1 is 1.40 bits per heavy atom. The number of aryl methyl sites for hydroxylation is 2. The fraction of sp³-hybridized carbons (Fsp3) is 0.312. The van der Waals surface area contributed by atoms with Crippen molar-refractivity contribution in [3.05, 3.63) is 55.7 Å². The van der Waals surface area contributed by atoms with Crippen LogP contribution in [-0.4, -0.2) is 5.91 Å². The Morgan fingerprint density at radius 3 is 3.05 bits per heavy atom. The summed E-state index contributed by atoms with van der Waals surface area (Å²) in [5, 5.41) is 5.30. The van der Waals surface area contributed by atoms with Crippen LogP contribution in [0.15, 0.2) is 34.1 Å². The number of benzene rings is 1. The van der Waals surface area contributed by atoms with Crippen LogP contribution in [0.4, 0.5) is 0 Å². The molecule has 20 heavy (non-hydrogen) atoms. The molecule has 0 aliphatic heterocycles. The monoisotopic (exact) mass is 349 g/mol. The van der Waals surface area contributed by atoms with E-state index < -0.39 is 0 Å². The van der Waals surface area contributed by atoms with Gasteiger partial charge in [-0.1, -0.05) is 6.07 Å². The molecule has 0 fully saturated rings. The lowest BCUT2D eigenvalue weighted by molar-refractivity contribution is 0.0932. The van der Waals surface area contributed by atoms with Crippen LogP contribution in [0.3, 0.4) is 0 Å². The largest absolute Gasteiger partial charge is 0.345 e. The molecule has 1 aromatic heterocycles. The van der Waals surface area contributed by atoms with Gasteiger partial charge in [-0.2, -0.15) is 0 Å². The molecule has 0 saturated carbocycles. The molecule has 0 radical (unpaired) electrons. The van der Waals surface area contributed by atoms with Gasteiger partial charge in [0, 0.05) is 9.35 Å². The van der Waals surface area contributed by atoms with Crippen LogP contribution in [-0.2, 0) is 6.42 Å². The van der Waals surface area contributed by atoms with Crippen LogP contribution in [0.2, 0.25) is 0 Å². The fourth-order valence-corrected chi connectivity index (χ4v) is 4.34. The van der Waals surface area contributed by atoms with E-state index in [-0.39, 0.29) is 11.9 Å². The van der Waals surface area contributed by atoms with Gasteiger partial charge in [0.25, 0.3) is 5.91 Å². The van der Waals surface area contributed by atoms with E-state index in [2.05, 4.69) is 32.7 Å². The van der Waals surface area contributed by atoms with Crippen molar-refractivity contribution in [2.75, 3.05) is 0 Å². The minimum Gasteiger partial charge on any atom is -0.345 e. The minimum absolute atomic E-state index is 0.000856. The summed E-state index contributed by atoms with van der Waals surface area (Å²) in [7, 11) is 0. The third-order valence-corrected chi connectivity index (χ3v) is 5.38. The van der Waals surface area contributed by atoms with Crippen LogP contribution >= 0.6 is 27.3 Å². The summed E-state index contributed by atoms with van der Waals surface area (Å²) in [6, 6.07) is 8.13. The quantitative estimate of drug-likeness (QED) is 0.841. The molecule has 0 saturated heterocycles. The molecule has 1 N–H and O–H groups in total. The molecule has 1 heterocycles. The van der Waals surface area contributed by atoms with Gasteiger partial charge in [0.15, 0.2) is 0 Å². The molecule has 4 heteroatoms. The highest BCUT2D eigenvalue weighted by atomic mass is 79.9. The highest BCUT2D eigenvalue weighted by Crippen LogP contribution is 2.33. The number of halogens is 1. The van der Waals surface area contributed by atoms with Crippen molar-refractivity contribution in [3.63, 3.8) is 0 Å². The maximum atomic E-state index is 12.4. The molecule has 1 amide bonds. The third kappa shape index (κ3) is 2.67. The Morgan fingerprint density at radius 2 is 2.25 bits per heavy atom. The first kappa shape index (κ1) is 13.8. The molecule has 104 valence electrons. The number of thiophene rings is 1. The maximum absolute atomic E-state index is 12.4. The first-order valence-electron chi connectivity index (χ1n) is 6.78. The number of fused-ring (bicyclic) bond motifs is 1. The second-order valence-electron chi connectivity index (χ2n) is 5.20. The molecule has 1 aliphatic rings. The lowest BCUT2D eigenvalue weighted by atomic mass is 9.94. The van der Waals surface area contributed by atoms with E-state index in [1.807, 2.05) is 25.1 Å². The van der Waals surface area contributed by atoms with Crippen LogP contribution < -0.4 is 5.32 Å². The van der Waals surface area contributed by atoms with Crippen molar-refractivity contribution >= 4 is 33.2 Å². The number of hydrogen-bond donors (Lipinski definition) is 1. The lowest BCUT2D eigenvalue weighted by Crippen LogP contribution is -2.30. The van der Waals surface area contributed by atoms with E-state index in [4.69, 9.17) is 0 Å². The summed E-state index contributed by atoms with van der Waals surface area (Å²) in [5.74, 6) is 0.000856. The SMILES string of the molecule is Cc1ccc(C(=O)NC2CCCc3sccc32)c(Br)c1. The molecule has 1 unspecified atom stereocenters. The predicted octanol–water partition coefficient (Wildman–Crippen LogP) is 4.63. The standard InChI is InChI=1S/C16H16BrNOS/c1-10-5-6-11(13(17)9-10)16(19)18-14-3-2-4-15-12(14)7-8-20-15/h5-9,14H,2-4H2,1H3,(H,18,19). The van der Waals surface area contributed by atoms with Crippen LogP contribution in [0, 0.1) is 6.92 Å². The van der Waals surface area contributed by atoms with Crippen molar-refractivity contribution in [2.24, 2.45) is 0 Å². The Balaban J connectivity index is 1.81. The molecule has 1 atom stereocenters. The molecule has 1 aromatic carbocycles. The van der Waals surface area contributed by atoms with Crippen molar-refractivity contribution in [1.29, 1.82) is 0 Å². The van der Waals surface area contributed by atoms with E-state index >= 15 is 0 Å². The van der Waals surface area contributed by atoms with Crippen LogP contribution in [0.1, 0.15) is 45.2 Å². The predicted molar refractivity (Wildman–Crippen MR) is 86.3 cm³/mol. The van der Waals surface area contributed by atoms with Gasteiger partial charge < -0.3 is 5.32 Å². The number of amides is 1. The van der Waals surface area contributed by atoms with Crippen molar-refractivity contribution in [3.8, 4) is 0 Å². The number of nitrogens with one attached hydrogen (secondary N) is 1. The number of rotatable bonds is 2. The van der Waals surface area contributed by atoms with Crippen LogP contribution in [0.25, 0.3) is 0 Å². The van der Waals surface area contributed by atoms with Gasteiger partial charge in [-0.25, -0.2) is 0 Å². The van der Waals surface area contributed by atoms with Gasteiger partial charge in [-0.15, -0.1) is 11.3 Å². The second-order valence-corrected chi connectivity index (χ2v) is 7.06. The van der Waals surface area contributed by atoms with Gasteiger partial charge in [0.05, 0.1) is 11.6 Å². The molecular formula is C16H16BrNOS. The van der Waals surface area contributed by atoms with Gasteiger partial charge >= 0.3 is 0 Å². The topological polar surface area (TPSA) is 29.1 Å². The van der Waals surface area contributed by atoms with Gasteiger partial charge in [-0.05, 0) is 76.8 Å². The zero-order valence-corrected chi connectivity index (χ0v) is 13.7. The van der Waals surface area contributed by atoms with Crippen molar-refractivity contribution < 1.29 is 4.79 Å². The summed E-state index contributed by atoms with van der Waals surface area (Å²) in [6.07, 6.45) is 3.32. The van der Waals surface area contributed by atoms with E-state index in [0.717, 1.165) is 29.3 Å². The smallest absolute Gasteiger partial charge is 0.252 e. The Bertz CT molecular complexity index is 650. The summed E-state index contributed by atoms with van der Waals surface area (Å²) >= 11 is 5.27. The average molecular weight is 350 g/mol. The first-order chi connectivity index (χ1) is 9.65. The summed E-state index contributed by atoms with van der Waals surface area (Å²) in [4.78, 5) is 13.9. The Labute approximate surface area is 131 Å². The zero-order valence-electron chi connectivity index (χ0n) is 11.3. The normalized spacial score (nSPS) is 17.6. The minimum atomic E-state index is 0.000856. The highest BCUT2D eigenvalue weighted by Gasteiger charge is 2.23. The first-order valence-corrected chi connectivity index (χ1v) is 8.45. The number of carbonyl (C=O) groups excluding carboxylic acids is 1. The fourth-order valence-electron chi connectivity index (χ4n) is 2.68. The maximum Gasteiger partial charge on any atom is 0.252 e. The molecule has 0 spiro atoms. The lowest BCUT2D eigenvalue weighted by Gasteiger charge is -2.24. The molecule has 0 bridgehead atoms. The summed E-state index contributed by atoms with van der Waals surface area (Å²) in [5.41, 5.74) is 3.15. The van der Waals surface area contributed by atoms with E-state index in [0.29, 0.717) is 5.56 Å². The average Bonchev–Trinajstić information content (AvgIpc) is 2.87. The Hall–Kier alpha value is -1.13. The van der Waals surface area contributed by atoms with Crippen LogP contribution in [0.5, 0.6) is 0 Å². The van der Waals surface area contributed by atoms with Gasteiger partial charge in [0.2, 0.25) is 0 Å². The number of hydrogen-bond acceptors (Lipinski definition) is 2. The highest BCUT2D eigenvalue weighted by molar-refractivity contribution is 9.10. The van der Waals surface area contributed by atoms with Gasteiger partial charge in [-0.3, -0.25) is 4.79 Å². The summed E-state index contributed by atoms with van der Waals surface area (Å²) < 4.78 is 0.858. The summed E-state index contributed by atoms with van der Waals surface area (Å²) in [6.45, 7) is 2.02. The Kier molecular flexibility index (Phi) is 3.94.